The maximum absolute atomic E-state index is 13.8. The summed E-state index contributed by atoms with van der Waals surface area (Å²) in [5.74, 6) is 0.168. The van der Waals surface area contributed by atoms with Crippen LogP contribution in [0, 0.1) is 0 Å². The molecule has 0 unspecified atom stereocenters. The lowest BCUT2D eigenvalue weighted by Crippen LogP contribution is -2.44. The second kappa shape index (κ2) is 10.2. The van der Waals surface area contributed by atoms with E-state index in [9.17, 15) is 14.4 Å². The summed E-state index contributed by atoms with van der Waals surface area (Å²) in [6.45, 7) is 3.70. The summed E-state index contributed by atoms with van der Waals surface area (Å²) in [4.78, 5) is 40.7. The molecule has 0 radical (unpaired) electrons. The van der Waals surface area contributed by atoms with Crippen molar-refractivity contribution in [1.29, 1.82) is 0 Å². The maximum Gasteiger partial charge on any atom is 0.336 e. The minimum absolute atomic E-state index is 0.271. The summed E-state index contributed by atoms with van der Waals surface area (Å²) >= 11 is 6.24. The molecule has 0 aliphatic heterocycles. The fraction of sp³-hybridized carbons (Fsp3) is 0.222. The Morgan fingerprint density at radius 3 is 2.46 bits per heavy atom. The van der Waals surface area contributed by atoms with E-state index in [1.807, 2.05) is 44.2 Å². The van der Waals surface area contributed by atoms with Crippen LogP contribution in [0.4, 0.5) is 0 Å². The molecule has 0 aliphatic carbocycles. The Kier molecular flexibility index (Phi) is 7.07. The third-order valence-corrected chi connectivity index (χ3v) is 6.26. The normalized spacial score (nSPS) is 12.8. The van der Waals surface area contributed by atoms with Gasteiger partial charge in [0, 0.05) is 11.1 Å². The molecule has 0 fully saturated rings. The number of rotatable bonds is 7. The fourth-order valence-corrected chi connectivity index (χ4v) is 4.37. The number of methoxy groups -OCH3 is 1. The smallest absolute Gasteiger partial charge is 0.336 e. The van der Waals surface area contributed by atoms with Crippen molar-refractivity contribution in [2.45, 2.75) is 32.4 Å². The van der Waals surface area contributed by atoms with Gasteiger partial charge in [-0.2, -0.15) is 0 Å². The van der Waals surface area contributed by atoms with Gasteiger partial charge in [0.15, 0.2) is 0 Å². The monoisotopic (exact) mass is 491 g/mol. The number of benzene rings is 3. The van der Waals surface area contributed by atoms with Crippen LogP contribution >= 0.6 is 11.6 Å². The van der Waals surface area contributed by atoms with Crippen LogP contribution in [0.5, 0.6) is 5.75 Å². The van der Waals surface area contributed by atoms with Crippen molar-refractivity contribution < 1.29 is 9.53 Å². The zero-order valence-electron chi connectivity index (χ0n) is 19.7. The van der Waals surface area contributed by atoms with Crippen LogP contribution in [-0.4, -0.2) is 22.2 Å². The predicted octanol–water partition coefficient (Wildman–Crippen LogP) is 4.64. The van der Waals surface area contributed by atoms with Gasteiger partial charge in [-0.05, 0) is 49.2 Å². The van der Waals surface area contributed by atoms with E-state index in [-0.39, 0.29) is 17.3 Å². The lowest BCUT2D eigenvalue weighted by Gasteiger charge is -2.24. The summed E-state index contributed by atoms with van der Waals surface area (Å²) in [6.07, 6.45) is 0.325. The van der Waals surface area contributed by atoms with Gasteiger partial charge < -0.3 is 10.1 Å². The molecule has 0 saturated carbocycles. The van der Waals surface area contributed by atoms with Crippen molar-refractivity contribution in [2.24, 2.45) is 0 Å². The summed E-state index contributed by atoms with van der Waals surface area (Å²) in [5.41, 5.74) is 0.461. The number of hydrogen-bond acceptors (Lipinski definition) is 4. The SMILES string of the molecule is CC[C@H](C(=O)N[C@@H](C)c1ccccc1)n1c(=O)n(-c2cccc(OC)c2)c(=O)c2ccc(Cl)cc21. The van der Waals surface area contributed by atoms with E-state index in [1.54, 1.807) is 42.5 Å². The molecule has 3 aromatic carbocycles. The summed E-state index contributed by atoms with van der Waals surface area (Å²) in [6, 6.07) is 19.8. The quantitative estimate of drug-likeness (QED) is 0.408. The third kappa shape index (κ3) is 4.72. The Morgan fingerprint density at radius 2 is 1.77 bits per heavy atom. The first-order valence-corrected chi connectivity index (χ1v) is 11.7. The number of carbonyl (C=O) groups excluding carboxylic acids is 1. The van der Waals surface area contributed by atoms with Crippen molar-refractivity contribution in [3.05, 3.63) is 104 Å². The number of halogens is 1. The average Bonchev–Trinajstić information content (AvgIpc) is 2.87. The predicted molar refractivity (Wildman–Crippen MR) is 138 cm³/mol. The number of nitrogens with one attached hydrogen (secondary N) is 1. The van der Waals surface area contributed by atoms with Crippen molar-refractivity contribution >= 4 is 28.4 Å². The van der Waals surface area contributed by atoms with Crippen molar-refractivity contribution in [3.8, 4) is 11.4 Å². The minimum Gasteiger partial charge on any atom is -0.497 e. The first-order chi connectivity index (χ1) is 16.8. The van der Waals surface area contributed by atoms with Crippen LogP contribution in [0.3, 0.4) is 0 Å². The summed E-state index contributed by atoms with van der Waals surface area (Å²) < 4.78 is 7.70. The maximum atomic E-state index is 13.8. The second-order valence-corrected chi connectivity index (χ2v) is 8.66. The fourth-order valence-electron chi connectivity index (χ4n) is 4.20. The molecular weight excluding hydrogens is 466 g/mol. The number of hydrogen-bond donors (Lipinski definition) is 1. The lowest BCUT2D eigenvalue weighted by molar-refractivity contribution is -0.125. The molecule has 2 atom stereocenters. The highest BCUT2D eigenvalue weighted by Crippen LogP contribution is 2.23. The highest BCUT2D eigenvalue weighted by molar-refractivity contribution is 6.31. The van der Waals surface area contributed by atoms with Gasteiger partial charge in [-0.25, -0.2) is 9.36 Å². The van der Waals surface area contributed by atoms with Gasteiger partial charge in [0.2, 0.25) is 5.91 Å². The van der Waals surface area contributed by atoms with Gasteiger partial charge in [0.05, 0.1) is 29.7 Å². The molecule has 4 aromatic rings. The van der Waals surface area contributed by atoms with E-state index in [1.165, 1.54) is 11.7 Å². The largest absolute Gasteiger partial charge is 0.497 e. The molecule has 0 bridgehead atoms. The van der Waals surface area contributed by atoms with Gasteiger partial charge in [-0.15, -0.1) is 0 Å². The molecule has 180 valence electrons. The standard InChI is InChI=1S/C27H26ClN3O4/c1-4-23(25(32)29-17(2)18-9-6-5-7-10-18)31-24-15-19(28)13-14-22(24)26(33)30(27(31)34)20-11-8-12-21(16-20)35-3/h5-17,23H,4H2,1-3H3,(H,29,32)/t17-,23+/m0/s1. The van der Waals surface area contributed by atoms with Crippen LogP contribution in [0.15, 0.2) is 82.4 Å². The Hall–Kier alpha value is -3.84. The Morgan fingerprint density at radius 1 is 1.03 bits per heavy atom. The molecule has 1 aromatic heterocycles. The Balaban J connectivity index is 1.90. The van der Waals surface area contributed by atoms with Crippen molar-refractivity contribution in [3.63, 3.8) is 0 Å². The number of carbonyl (C=O) groups is 1. The molecule has 0 saturated heterocycles. The van der Waals surface area contributed by atoms with E-state index < -0.39 is 17.3 Å². The van der Waals surface area contributed by atoms with E-state index in [0.29, 0.717) is 28.4 Å². The number of amides is 1. The van der Waals surface area contributed by atoms with Crippen LogP contribution in [0.1, 0.15) is 37.9 Å². The molecule has 1 amide bonds. The molecular formula is C27H26ClN3O4. The number of nitrogens with zero attached hydrogens (tertiary/aromatic N) is 2. The topological polar surface area (TPSA) is 82.3 Å². The molecule has 8 heteroatoms. The molecule has 0 spiro atoms. The third-order valence-electron chi connectivity index (χ3n) is 6.02. The highest BCUT2D eigenvalue weighted by Gasteiger charge is 2.26. The van der Waals surface area contributed by atoms with Gasteiger partial charge in [0.1, 0.15) is 11.8 Å². The van der Waals surface area contributed by atoms with Crippen LogP contribution < -0.4 is 21.3 Å². The van der Waals surface area contributed by atoms with Crippen LogP contribution in [0.2, 0.25) is 5.02 Å². The molecule has 7 nitrogen and oxygen atoms in total. The molecule has 4 rings (SSSR count). The van der Waals surface area contributed by atoms with E-state index >= 15 is 0 Å². The van der Waals surface area contributed by atoms with E-state index in [2.05, 4.69) is 5.32 Å². The Labute approximate surface area is 207 Å². The molecule has 1 heterocycles. The zero-order chi connectivity index (χ0) is 25.1. The average molecular weight is 492 g/mol. The number of fused-ring (bicyclic) bond motifs is 1. The summed E-state index contributed by atoms with van der Waals surface area (Å²) in [5, 5.41) is 3.64. The highest BCUT2D eigenvalue weighted by atomic mass is 35.5. The summed E-state index contributed by atoms with van der Waals surface area (Å²) in [7, 11) is 1.51. The van der Waals surface area contributed by atoms with Gasteiger partial charge in [-0.1, -0.05) is 54.9 Å². The molecule has 0 aliphatic rings. The van der Waals surface area contributed by atoms with Crippen molar-refractivity contribution in [1.82, 2.24) is 14.5 Å². The molecule has 1 N–H and O–H groups in total. The van der Waals surface area contributed by atoms with Crippen molar-refractivity contribution in [2.75, 3.05) is 7.11 Å². The van der Waals surface area contributed by atoms with E-state index in [4.69, 9.17) is 16.3 Å². The van der Waals surface area contributed by atoms with Gasteiger partial charge in [-0.3, -0.25) is 14.2 Å². The zero-order valence-corrected chi connectivity index (χ0v) is 20.5. The Bertz CT molecular complexity index is 1490. The molecule has 35 heavy (non-hydrogen) atoms. The van der Waals surface area contributed by atoms with Gasteiger partial charge >= 0.3 is 5.69 Å². The first-order valence-electron chi connectivity index (χ1n) is 11.3. The van der Waals surface area contributed by atoms with Crippen LogP contribution in [0.25, 0.3) is 16.6 Å². The first kappa shape index (κ1) is 24.3. The number of aromatic nitrogens is 2. The number of ether oxygens (including phenoxy) is 1. The lowest BCUT2D eigenvalue weighted by atomic mass is 10.1. The minimum atomic E-state index is -0.868. The van der Waals surface area contributed by atoms with Gasteiger partial charge in [0.25, 0.3) is 5.56 Å². The van der Waals surface area contributed by atoms with E-state index in [0.717, 1.165) is 10.1 Å². The van der Waals surface area contributed by atoms with Crippen LogP contribution in [-0.2, 0) is 4.79 Å². The second-order valence-electron chi connectivity index (χ2n) is 8.22.